The van der Waals surface area contributed by atoms with Gasteiger partial charge < -0.3 is 21.1 Å². The molecular weight excluding hydrogens is 258 g/mol. The summed E-state index contributed by atoms with van der Waals surface area (Å²) in [6.45, 7) is 3.54. The molecule has 5 nitrogen and oxygen atoms in total. The SMILES string of the molecule is CCC(CCc1ccc(O)c(O)c1)CC(C)(N)C(=O)O. The summed E-state index contributed by atoms with van der Waals surface area (Å²) in [5.41, 5.74) is 5.48. The fourth-order valence-corrected chi connectivity index (χ4v) is 2.23. The highest BCUT2D eigenvalue weighted by Crippen LogP contribution is 2.27. The molecule has 2 atom stereocenters. The van der Waals surface area contributed by atoms with E-state index in [9.17, 15) is 15.0 Å². The predicted octanol–water partition coefficient (Wildman–Crippen LogP) is 2.25. The Morgan fingerprint density at radius 3 is 2.50 bits per heavy atom. The number of rotatable bonds is 7. The molecule has 2 unspecified atom stereocenters. The number of phenolic OH excluding ortho intramolecular Hbond substituents is 2. The Bertz CT molecular complexity index is 471. The fourth-order valence-electron chi connectivity index (χ4n) is 2.23. The smallest absolute Gasteiger partial charge is 0.323 e. The molecule has 0 heterocycles. The van der Waals surface area contributed by atoms with Crippen LogP contribution >= 0.6 is 0 Å². The number of carbonyl (C=O) groups is 1. The molecule has 0 amide bonds. The summed E-state index contributed by atoms with van der Waals surface area (Å²) in [6, 6.07) is 4.73. The molecule has 0 saturated heterocycles. The van der Waals surface area contributed by atoms with E-state index in [4.69, 9.17) is 10.8 Å². The molecule has 1 rings (SSSR count). The van der Waals surface area contributed by atoms with Crippen LogP contribution in [0.2, 0.25) is 0 Å². The van der Waals surface area contributed by atoms with E-state index in [0.717, 1.165) is 18.4 Å². The number of carboxylic acid groups (broad SMARTS) is 1. The molecule has 1 aromatic rings. The standard InChI is InChI=1S/C15H23NO4/c1-3-10(9-15(2,16)14(19)20)4-5-11-6-7-12(17)13(18)8-11/h6-8,10,17-18H,3-5,9,16H2,1-2H3,(H,19,20). The molecule has 0 aliphatic carbocycles. The molecule has 0 spiro atoms. The second-order valence-corrected chi connectivity index (χ2v) is 5.56. The molecular formula is C15H23NO4. The van der Waals surface area contributed by atoms with Gasteiger partial charge in [-0.3, -0.25) is 4.79 Å². The molecule has 0 aromatic heterocycles. The average molecular weight is 281 g/mol. The van der Waals surface area contributed by atoms with Gasteiger partial charge in [-0.15, -0.1) is 0 Å². The molecule has 0 fully saturated rings. The van der Waals surface area contributed by atoms with Gasteiger partial charge in [0.1, 0.15) is 5.54 Å². The summed E-state index contributed by atoms with van der Waals surface area (Å²) in [4.78, 5) is 11.0. The van der Waals surface area contributed by atoms with E-state index < -0.39 is 11.5 Å². The number of phenols is 2. The first kappa shape index (κ1) is 16.3. The van der Waals surface area contributed by atoms with Crippen molar-refractivity contribution in [1.29, 1.82) is 0 Å². The van der Waals surface area contributed by atoms with Crippen molar-refractivity contribution in [2.75, 3.05) is 0 Å². The van der Waals surface area contributed by atoms with E-state index >= 15 is 0 Å². The number of aryl methyl sites for hydroxylation is 1. The fraction of sp³-hybridized carbons (Fsp3) is 0.533. The predicted molar refractivity (Wildman–Crippen MR) is 76.7 cm³/mol. The van der Waals surface area contributed by atoms with Crippen LogP contribution in [-0.2, 0) is 11.2 Å². The quantitative estimate of drug-likeness (QED) is 0.574. The molecule has 5 N–H and O–H groups in total. The van der Waals surface area contributed by atoms with Crippen molar-refractivity contribution < 1.29 is 20.1 Å². The number of benzene rings is 1. The van der Waals surface area contributed by atoms with Crippen LogP contribution in [0.1, 0.15) is 38.7 Å². The summed E-state index contributed by atoms with van der Waals surface area (Å²) < 4.78 is 0. The lowest BCUT2D eigenvalue weighted by Crippen LogP contribution is -2.46. The zero-order chi connectivity index (χ0) is 15.3. The summed E-state index contributed by atoms with van der Waals surface area (Å²) in [5.74, 6) is -1.05. The summed E-state index contributed by atoms with van der Waals surface area (Å²) in [6.07, 6.45) is 2.77. The van der Waals surface area contributed by atoms with Gasteiger partial charge in [0.15, 0.2) is 11.5 Å². The maximum absolute atomic E-state index is 11.0. The summed E-state index contributed by atoms with van der Waals surface area (Å²) in [5, 5.41) is 27.7. The van der Waals surface area contributed by atoms with Crippen LogP contribution in [0, 0.1) is 5.92 Å². The van der Waals surface area contributed by atoms with Crippen molar-refractivity contribution in [3.05, 3.63) is 23.8 Å². The molecule has 0 aliphatic heterocycles. The lowest BCUT2D eigenvalue weighted by atomic mass is 9.85. The van der Waals surface area contributed by atoms with Gasteiger partial charge >= 0.3 is 5.97 Å². The number of hydrogen-bond acceptors (Lipinski definition) is 4. The lowest BCUT2D eigenvalue weighted by Gasteiger charge is -2.25. The maximum atomic E-state index is 11.0. The normalized spacial score (nSPS) is 15.6. The third kappa shape index (κ3) is 4.42. The minimum atomic E-state index is -1.21. The molecule has 20 heavy (non-hydrogen) atoms. The molecule has 0 radical (unpaired) electrons. The number of hydrogen-bond donors (Lipinski definition) is 4. The van der Waals surface area contributed by atoms with Crippen LogP contribution in [0.3, 0.4) is 0 Å². The monoisotopic (exact) mass is 281 g/mol. The minimum Gasteiger partial charge on any atom is -0.504 e. The van der Waals surface area contributed by atoms with Crippen molar-refractivity contribution in [2.45, 2.75) is 45.1 Å². The van der Waals surface area contributed by atoms with Gasteiger partial charge in [0, 0.05) is 0 Å². The van der Waals surface area contributed by atoms with Gasteiger partial charge in [-0.05, 0) is 49.8 Å². The largest absolute Gasteiger partial charge is 0.504 e. The molecule has 1 aromatic carbocycles. The van der Waals surface area contributed by atoms with E-state index in [1.54, 1.807) is 6.07 Å². The van der Waals surface area contributed by atoms with Gasteiger partial charge in [-0.25, -0.2) is 0 Å². The van der Waals surface area contributed by atoms with Gasteiger partial charge in [0.25, 0.3) is 0 Å². The van der Waals surface area contributed by atoms with Gasteiger partial charge in [-0.2, -0.15) is 0 Å². The van der Waals surface area contributed by atoms with E-state index in [2.05, 4.69) is 0 Å². The first-order valence-corrected chi connectivity index (χ1v) is 6.79. The zero-order valence-electron chi connectivity index (χ0n) is 12.0. The van der Waals surface area contributed by atoms with Gasteiger partial charge in [0.2, 0.25) is 0 Å². The highest BCUT2D eigenvalue weighted by atomic mass is 16.4. The molecule has 112 valence electrons. The number of aromatic hydroxyl groups is 2. The zero-order valence-corrected chi connectivity index (χ0v) is 12.0. The van der Waals surface area contributed by atoms with E-state index in [0.29, 0.717) is 12.8 Å². The topological polar surface area (TPSA) is 104 Å². The third-order valence-corrected chi connectivity index (χ3v) is 3.66. The number of carboxylic acids is 1. The van der Waals surface area contributed by atoms with E-state index in [1.807, 2.05) is 6.92 Å². The Labute approximate surface area is 119 Å². The van der Waals surface area contributed by atoms with Gasteiger partial charge in [-0.1, -0.05) is 19.4 Å². The molecule has 0 bridgehead atoms. The van der Waals surface area contributed by atoms with Crippen molar-refractivity contribution in [2.24, 2.45) is 11.7 Å². The Morgan fingerprint density at radius 2 is 2.00 bits per heavy atom. The van der Waals surface area contributed by atoms with E-state index in [-0.39, 0.29) is 17.4 Å². The molecule has 5 heteroatoms. The van der Waals surface area contributed by atoms with Crippen LogP contribution in [-0.4, -0.2) is 26.8 Å². The third-order valence-electron chi connectivity index (χ3n) is 3.66. The van der Waals surface area contributed by atoms with E-state index in [1.165, 1.54) is 19.1 Å². The van der Waals surface area contributed by atoms with Crippen molar-refractivity contribution in [1.82, 2.24) is 0 Å². The van der Waals surface area contributed by atoms with Crippen molar-refractivity contribution >= 4 is 5.97 Å². The second kappa shape index (κ2) is 6.61. The minimum absolute atomic E-state index is 0.134. The van der Waals surface area contributed by atoms with Crippen LogP contribution in [0.15, 0.2) is 18.2 Å². The van der Waals surface area contributed by atoms with Crippen LogP contribution in [0.25, 0.3) is 0 Å². The second-order valence-electron chi connectivity index (χ2n) is 5.56. The Kier molecular flexibility index (Phi) is 5.39. The highest BCUT2D eigenvalue weighted by molar-refractivity contribution is 5.77. The van der Waals surface area contributed by atoms with Gasteiger partial charge in [0.05, 0.1) is 0 Å². The number of nitrogens with two attached hydrogens (primary N) is 1. The van der Waals surface area contributed by atoms with Crippen molar-refractivity contribution in [3.8, 4) is 11.5 Å². The molecule has 0 aliphatic rings. The Balaban J connectivity index is 2.61. The lowest BCUT2D eigenvalue weighted by molar-refractivity contribution is -0.143. The number of aliphatic carboxylic acids is 1. The highest BCUT2D eigenvalue weighted by Gasteiger charge is 2.30. The first-order valence-electron chi connectivity index (χ1n) is 6.79. The Morgan fingerprint density at radius 1 is 1.35 bits per heavy atom. The summed E-state index contributed by atoms with van der Waals surface area (Å²) in [7, 11) is 0. The first-order chi connectivity index (χ1) is 9.26. The summed E-state index contributed by atoms with van der Waals surface area (Å²) >= 11 is 0. The van der Waals surface area contributed by atoms with Crippen LogP contribution in [0.4, 0.5) is 0 Å². The van der Waals surface area contributed by atoms with Crippen molar-refractivity contribution in [3.63, 3.8) is 0 Å². The van der Waals surface area contributed by atoms with Crippen LogP contribution < -0.4 is 5.73 Å². The maximum Gasteiger partial charge on any atom is 0.323 e. The molecule has 0 saturated carbocycles. The average Bonchev–Trinajstić information content (AvgIpc) is 2.38. The Hall–Kier alpha value is -1.75. The van der Waals surface area contributed by atoms with Crippen LogP contribution in [0.5, 0.6) is 11.5 Å².